The number of hydrogen-bond donors (Lipinski definition) is 1. The van der Waals surface area contributed by atoms with Crippen LogP contribution >= 0.6 is 11.8 Å². The molecule has 0 unspecified atom stereocenters. The third-order valence-electron chi connectivity index (χ3n) is 5.60. The molecule has 0 radical (unpaired) electrons. The van der Waals surface area contributed by atoms with Crippen LogP contribution < -0.4 is 10.3 Å². The van der Waals surface area contributed by atoms with Gasteiger partial charge >= 0.3 is 0 Å². The van der Waals surface area contributed by atoms with Crippen LogP contribution in [0.4, 0.5) is 10.5 Å². The van der Waals surface area contributed by atoms with Gasteiger partial charge < -0.3 is 4.90 Å². The minimum Gasteiger partial charge on any atom is -0.308 e. The molecule has 1 aromatic carbocycles. The predicted octanol–water partition coefficient (Wildman–Crippen LogP) is 4.58. The zero-order valence-corrected chi connectivity index (χ0v) is 17.0. The summed E-state index contributed by atoms with van der Waals surface area (Å²) in [6.07, 6.45) is 10.2. The number of hydrazine groups is 1. The van der Waals surface area contributed by atoms with Crippen molar-refractivity contribution in [1.82, 2.24) is 10.4 Å². The number of carbonyl (C=O) groups excluding carboxylic acids is 2. The summed E-state index contributed by atoms with van der Waals surface area (Å²) in [5.41, 5.74) is 3.86. The van der Waals surface area contributed by atoms with Crippen LogP contribution in [-0.4, -0.2) is 41.0 Å². The van der Waals surface area contributed by atoms with Gasteiger partial charge in [0.2, 0.25) is 5.91 Å². The van der Waals surface area contributed by atoms with Gasteiger partial charge in [-0.2, -0.15) is 0 Å². The molecule has 2 aliphatic carbocycles. The smallest absolute Gasteiger partial charge is 0.296 e. The quantitative estimate of drug-likeness (QED) is 0.723. The minimum atomic E-state index is -0.0468. The Labute approximate surface area is 166 Å². The second kappa shape index (κ2) is 10.1. The summed E-state index contributed by atoms with van der Waals surface area (Å²) in [5.74, 6) is -0.0113. The first-order valence-corrected chi connectivity index (χ1v) is 11.1. The predicted molar refractivity (Wildman–Crippen MR) is 112 cm³/mol. The lowest BCUT2D eigenvalue weighted by molar-refractivity contribution is -0.120. The van der Waals surface area contributed by atoms with Crippen LogP contribution in [0, 0.1) is 0 Å². The largest absolute Gasteiger partial charge is 0.308 e. The number of rotatable bonds is 6. The molecule has 0 aliphatic heterocycles. The molecule has 2 amide bonds. The molecule has 2 saturated carbocycles. The highest BCUT2D eigenvalue weighted by Gasteiger charge is 2.30. The minimum absolute atomic E-state index is 0.0113. The summed E-state index contributed by atoms with van der Waals surface area (Å²) in [6, 6.07) is 10.1. The highest BCUT2D eigenvalue weighted by Crippen LogP contribution is 2.31. The Kier molecular flexibility index (Phi) is 7.59. The van der Waals surface area contributed by atoms with E-state index in [4.69, 9.17) is 0 Å². The molecule has 0 spiro atoms. The fourth-order valence-corrected chi connectivity index (χ4v) is 5.28. The van der Waals surface area contributed by atoms with Crippen molar-refractivity contribution in [2.75, 3.05) is 18.5 Å². The van der Waals surface area contributed by atoms with E-state index < -0.39 is 0 Å². The Morgan fingerprint density at radius 2 is 1.63 bits per heavy atom. The summed E-state index contributed by atoms with van der Waals surface area (Å²) in [4.78, 5) is 27.8. The van der Waals surface area contributed by atoms with Crippen LogP contribution in [-0.2, 0) is 4.79 Å². The molecule has 6 heteroatoms. The van der Waals surface area contributed by atoms with Gasteiger partial charge in [0, 0.05) is 24.0 Å². The maximum Gasteiger partial charge on any atom is 0.296 e. The van der Waals surface area contributed by atoms with Crippen molar-refractivity contribution >= 4 is 28.6 Å². The molecule has 27 heavy (non-hydrogen) atoms. The van der Waals surface area contributed by atoms with Gasteiger partial charge in [-0.1, -0.05) is 62.1 Å². The van der Waals surface area contributed by atoms with Gasteiger partial charge in [-0.15, -0.1) is 0 Å². The standard InChI is InChI=1S/C21H31N3O2S/c1-22-23(21(26)27-19-14-8-9-15-19)16-20(25)24(17-10-4-2-5-11-17)18-12-6-3-7-13-18/h2,4-5,10-11,18-19,22H,3,6-9,12-16H2,1H3. The van der Waals surface area contributed by atoms with Gasteiger partial charge in [0.25, 0.3) is 5.24 Å². The third kappa shape index (κ3) is 5.48. The van der Waals surface area contributed by atoms with Gasteiger partial charge in [-0.25, -0.2) is 5.43 Å². The Balaban J connectivity index is 1.69. The normalized spacial score (nSPS) is 18.4. The van der Waals surface area contributed by atoms with Crippen molar-refractivity contribution < 1.29 is 9.59 Å². The second-order valence-electron chi connectivity index (χ2n) is 7.49. The molecular formula is C21H31N3O2S. The number of hydrogen-bond acceptors (Lipinski definition) is 4. The fourth-order valence-electron chi connectivity index (χ4n) is 4.15. The summed E-state index contributed by atoms with van der Waals surface area (Å²) >= 11 is 1.38. The molecule has 2 fully saturated rings. The van der Waals surface area contributed by atoms with E-state index >= 15 is 0 Å². The highest BCUT2D eigenvalue weighted by molar-refractivity contribution is 8.14. The van der Waals surface area contributed by atoms with Gasteiger partial charge in [0.15, 0.2) is 0 Å². The van der Waals surface area contributed by atoms with Crippen molar-refractivity contribution in [3.63, 3.8) is 0 Å². The molecular weight excluding hydrogens is 358 g/mol. The lowest BCUT2D eigenvalue weighted by atomic mass is 9.93. The van der Waals surface area contributed by atoms with Crippen LogP contribution in [0.25, 0.3) is 0 Å². The Bertz CT molecular complexity index is 613. The Morgan fingerprint density at radius 1 is 1.00 bits per heavy atom. The van der Waals surface area contributed by atoms with Crippen molar-refractivity contribution in [2.45, 2.75) is 69.1 Å². The lowest BCUT2D eigenvalue weighted by Gasteiger charge is -2.35. The maximum atomic E-state index is 13.2. The second-order valence-corrected chi connectivity index (χ2v) is 8.74. The number of thioether (sulfide) groups is 1. The number of amides is 2. The van der Waals surface area contributed by atoms with E-state index in [1.807, 2.05) is 35.2 Å². The van der Waals surface area contributed by atoms with Gasteiger partial charge in [0.05, 0.1) is 0 Å². The van der Waals surface area contributed by atoms with Crippen molar-refractivity contribution in [1.29, 1.82) is 0 Å². The number of anilines is 1. The summed E-state index contributed by atoms with van der Waals surface area (Å²) in [5, 5.41) is 1.82. The van der Waals surface area contributed by atoms with Crippen LogP contribution in [0.15, 0.2) is 30.3 Å². The summed E-state index contributed by atoms with van der Waals surface area (Å²) < 4.78 is 0. The molecule has 0 bridgehead atoms. The molecule has 0 heterocycles. The van der Waals surface area contributed by atoms with Gasteiger partial charge in [-0.05, 0) is 37.8 Å². The van der Waals surface area contributed by atoms with E-state index in [-0.39, 0.29) is 23.7 Å². The first-order chi connectivity index (χ1) is 13.2. The van der Waals surface area contributed by atoms with Crippen molar-refractivity contribution in [2.24, 2.45) is 0 Å². The first-order valence-electron chi connectivity index (χ1n) is 10.2. The molecule has 3 rings (SSSR count). The lowest BCUT2D eigenvalue weighted by Crippen LogP contribution is -2.50. The molecule has 0 saturated heterocycles. The number of nitrogens with zero attached hydrogens (tertiary/aromatic N) is 2. The first kappa shape index (κ1) is 20.2. The number of nitrogens with one attached hydrogen (secondary N) is 1. The van der Waals surface area contributed by atoms with E-state index in [9.17, 15) is 9.59 Å². The van der Waals surface area contributed by atoms with Gasteiger partial charge in [-0.3, -0.25) is 14.6 Å². The molecule has 2 aliphatic rings. The Hall–Kier alpha value is -1.53. The van der Waals surface area contributed by atoms with Crippen molar-refractivity contribution in [3.05, 3.63) is 30.3 Å². The van der Waals surface area contributed by atoms with E-state index in [1.54, 1.807) is 7.05 Å². The van der Waals surface area contributed by atoms with Gasteiger partial charge in [0.1, 0.15) is 6.54 Å². The topological polar surface area (TPSA) is 52.7 Å². The highest BCUT2D eigenvalue weighted by atomic mass is 32.2. The third-order valence-corrected chi connectivity index (χ3v) is 6.82. The average molecular weight is 390 g/mol. The van der Waals surface area contributed by atoms with Crippen LogP contribution in [0.2, 0.25) is 0 Å². The van der Waals surface area contributed by atoms with E-state index in [2.05, 4.69) is 5.43 Å². The fraction of sp³-hybridized carbons (Fsp3) is 0.619. The molecule has 1 N–H and O–H groups in total. The van der Waals surface area contributed by atoms with Crippen molar-refractivity contribution in [3.8, 4) is 0 Å². The SMILES string of the molecule is CNN(CC(=O)N(c1ccccc1)C1CCCCC1)C(=O)SC1CCCC1. The molecule has 0 aromatic heterocycles. The number of benzene rings is 1. The van der Waals surface area contributed by atoms with Crippen LogP contribution in [0.1, 0.15) is 57.8 Å². The average Bonchev–Trinajstić information content (AvgIpc) is 3.21. The zero-order valence-electron chi connectivity index (χ0n) is 16.2. The Morgan fingerprint density at radius 3 is 2.26 bits per heavy atom. The molecule has 0 atom stereocenters. The van der Waals surface area contributed by atoms with E-state index in [0.717, 1.165) is 44.2 Å². The zero-order chi connectivity index (χ0) is 19.1. The summed E-state index contributed by atoms with van der Waals surface area (Å²) in [6.45, 7) is 0.0699. The number of carbonyl (C=O) groups is 2. The van der Waals surface area contributed by atoms with Crippen LogP contribution in [0.5, 0.6) is 0 Å². The van der Waals surface area contributed by atoms with Crippen LogP contribution in [0.3, 0.4) is 0 Å². The molecule has 1 aromatic rings. The monoisotopic (exact) mass is 389 g/mol. The molecule has 148 valence electrons. The van der Waals surface area contributed by atoms with E-state index in [1.165, 1.54) is 36.0 Å². The summed E-state index contributed by atoms with van der Waals surface area (Å²) in [7, 11) is 1.72. The number of para-hydroxylation sites is 1. The van der Waals surface area contributed by atoms with E-state index in [0.29, 0.717) is 5.25 Å². The maximum absolute atomic E-state index is 13.2. The molecule has 5 nitrogen and oxygen atoms in total.